The number of hydrogen-bond acceptors (Lipinski definition) is 3. The van der Waals surface area contributed by atoms with Crippen LogP contribution in [0.2, 0.25) is 0 Å². The Morgan fingerprint density at radius 1 is 1.60 bits per heavy atom. The van der Waals surface area contributed by atoms with Crippen LogP contribution in [-0.2, 0) is 4.79 Å². The van der Waals surface area contributed by atoms with E-state index in [1.807, 2.05) is 4.90 Å². The summed E-state index contributed by atoms with van der Waals surface area (Å²) in [6.07, 6.45) is 3.29. The van der Waals surface area contributed by atoms with Gasteiger partial charge in [-0.2, -0.15) is 0 Å². The summed E-state index contributed by atoms with van der Waals surface area (Å²) in [5, 5.41) is 9.46. The maximum Gasteiger partial charge on any atom is 0.242 e. The molecule has 4 heteroatoms. The van der Waals surface area contributed by atoms with E-state index in [1.54, 1.807) is 6.92 Å². The van der Waals surface area contributed by atoms with Gasteiger partial charge in [-0.05, 0) is 32.6 Å². The van der Waals surface area contributed by atoms with Gasteiger partial charge in [0.25, 0.3) is 0 Å². The van der Waals surface area contributed by atoms with Gasteiger partial charge in [0.05, 0.1) is 11.6 Å². The van der Waals surface area contributed by atoms with E-state index in [4.69, 9.17) is 5.73 Å². The highest BCUT2D eigenvalue weighted by atomic mass is 16.3. The van der Waals surface area contributed by atoms with Gasteiger partial charge in [-0.3, -0.25) is 4.79 Å². The average molecular weight is 212 g/mol. The third kappa shape index (κ3) is 1.88. The van der Waals surface area contributed by atoms with Gasteiger partial charge < -0.3 is 15.7 Å². The largest absolute Gasteiger partial charge is 0.393 e. The summed E-state index contributed by atoms with van der Waals surface area (Å²) in [7, 11) is 0. The van der Waals surface area contributed by atoms with Gasteiger partial charge in [0.1, 0.15) is 0 Å². The van der Waals surface area contributed by atoms with Crippen molar-refractivity contribution in [1.29, 1.82) is 0 Å². The average Bonchev–Trinajstić information content (AvgIpc) is 2.61. The van der Waals surface area contributed by atoms with Crippen LogP contribution in [0.5, 0.6) is 0 Å². The van der Waals surface area contributed by atoms with Gasteiger partial charge in [0, 0.05) is 19.0 Å². The van der Waals surface area contributed by atoms with Crippen molar-refractivity contribution in [2.75, 3.05) is 13.1 Å². The maximum atomic E-state index is 12.0. The molecule has 2 fully saturated rings. The Balaban J connectivity index is 1.93. The number of rotatable bonds is 2. The number of amides is 1. The lowest BCUT2D eigenvalue weighted by atomic mass is 9.76. The Bertz CT molecular complexity index is 261. The molecule has 3 N–H and O–H groups in total. The van der Waals surface area contributed by atoms with Crippen molar-refractivity contribution in [3.63, 3.8) is 0 Å². The monoisotopic (exact) mass is 212 g/mol. The number of aliphatic hydroxyl groups is 1. The Labute approximate surface area is 90.4 Å². The molecule has 0 aromatic rings. The quantitative estimate of drug-likeness (QED) is 0.682. The lowest BCUT2D eigenvalue weighted by Crippen LogP contribution is -2.59. The zero-order chi connectivity index (χ0) is 11.1. The molecule has 1 saturated carbocycles. The maximum absolute atomic E-state index is 12.0. The minimum Gasteiger partial charge on any atom is -0.393 e. The van der Waals surface area contributed by atoms with Gasteiger partial charge in [0.2, 0.25) is 5.91 Å². The van der Waals surface area contributed by atoms with Crippen LogP contribution >= 0.6 is 0 Å². The van der Waals surface area contributed by atoms with Gasteiger partial charge in [-0.1, -0.05) is 0 Å². The highest BCUT2D eigenvalue weighted by Gasteiger charge is 2.44. The third-order valence-electron chi connectivity index (χ3n) is 3.87. The number of likely N-dealkylation sites (tertiary alicyclic amines) is 1. The smallest absolute Gasteiger partial charge is 0.242 e. The fourth-order valence-electron chi connectivity index (χ4n) is 2.45. The number of carbonyl (C=O) groups is 1. The molecule has 15 heavy (non-hydrogen) atoms. The molecule has 1 saturated heterocycles. The Kier molecular flexibility index (Phi) is 2.73. The minimum absolute atomic E-state index is 0.0944. The first-order valence-corrected chi connectivity index (χ1v) is 5.79. The van der Waals surface area contributed by atoms with Gasteiger partial charge >= 0.3 is 0 Å². The van der Waals surface area contributed by atoms with Crippen molar-refractivity contribution in [2.24, 2.45) is 11.7 Å². The summed E-state index contributed by atoms with van der Waals surface area (Å²) >= 11 is 0. The van der Waals surface area contributed by atoms with Crippen LogP contribution < -0.4 is 5.73 Å². The van der Waals surface area contributed by atoms with Gasteiger partial charge in [0.15, 0.2) is 0 Å². The molecule has 4 nitrogen and oxygen atoms in total. The highest BCUT2D eigenvalue weighted by molar-refractivity contribution is 5.87. The zero-order valence-corrected chi connectivity index (χ0v) is 9.28. The van der Waals surface area contributed by atoms with Crippen LogP contribution in [0.25, 0.3) is 0 Å². The molecule has 0 bridgehead atoms. The van der Waals surface area contributed by atoms with Crippen LogP contribution in [-0.4, -0.2) is 40.6 Å². The molecule has 0 radical (unpaired) electrons. The van der Waals surface area contributed by atoms with Crippen LogP contribution in [0.3, 0.4) is 0 Å². The summed E-state index contributed by atoms with van der Waals surface area (Å²) in [6, 6.07) is 0. The number of carbonyl (C=O) groups excluding carboxylic acids is 1. The van der Waals surface area contributed by atoms with Crippen LogP contribution in [0.4, 0.5) is 0 Å². The van der Waals surface area contributed by atoms with E-state index in [2.05, 4.69) is 0 Å². The summed E-state index contributed by atoms with van der Waals surface area (Å²) in [5.41, 5.74) is 5.42. The molecule has 2 rings (SSSR count). The molecule has 1 heterocycles. The number of nitrogens with two attached hydrogens (primary N) is 1. The van der Waals surface area contributed by atoms with Crippen molar-refractivity contribution in [3.8, 4) is 0 Å². The lowest BCUT2D eigenvalue weighted by Gasteiger charge is -2.39. The van der Waals surface area contributed by atoms with E-state index >= 15 is 0 Å². The molecule has 86 valence electrons. The molecule has 2 aliphatic rings. The van der Waals surface area contributed by atoms with Crippen molar-refractivity contribution in [1.82, 2.24) is 4.90 Å². The van der Waals surface area contributed by atoms with E-state index in [0.717, 1.165) is 32.2 Å². The Morgan fingerprint density at radius 2 is 2.27 bits per heavy atom. The summed E-state index contributed by atoms with van der Waals surface area (Å²) < 4.78 is 0. The normalized spacial score (nSPS) is 31.1. The number of hydrogen-bond donors (Lipinski definition) is 2. The Hall–Kier alpha value is -0.610. The van der Waals surface area contributed by atoms with Crippen LogP contribution in [0.15, 0.2) is 0 Å². The first kappa shape index (κ1) is 10.9. The topological polar surface area (TPSA) is 66.6 Å². The predicted molar refractivity (Wildman–Crippen MR) is 57.1 cm³/mol. The van der Waals surface area contributed by atoms with E-state index in [9.17, 15) is 9.90 Å². The number of aliphatic hydroxyl groups excluding tert-OH is 1. The summed E-state index contributed by atoms with van der Waals surface area (Å²) in [4.78, 5) is 13.9. The SMILES string of the molecule is CC(O)C1CCN(C(=O)C2(N)CCC2)C1. The zero-order valence-electron chi connectivity index (χ0n) is 9.28. The second-order valence-electron chi connectivity index (χ2n) is 5.05. The van der Waals surface area contributed by atoms with Gasteiger partial charge in [-0.25, -0.2) is 0 Å². The van der Waals surface area contributed by atoms with Crippen molar-refractivity contribution >= 4 is 5.91 Å². The second kappa shape index (κ2) is 3.76. The highest BCUT2D eigenvalue weighted by Crippen LogP contribution is 2.33. The molecule has 0 aromatic carbocycles. The minimum atomic E-state index is -0.576. The molecule has 2 atom stereocenters. The van der Waals surface area contributed by atoms with Crippen LogP contribution in [0.1, 0.15) is 32.6 Å². The molecular formula is C11H20N2O2. The van der Waals surface area contributed by atoms with Crippen molar-refractivity contribution in [2.45, 2.75) is 44.2 Å². The second-order valence-corrected chi connectivity index (χ2v) is 5.05. The van der Waals surface area contributed by atoms with Crippen molar-refractivity contribution < 1.29 is 9.90 Å². The fourth-order valence-corrected chi connectivity index (χ4v) is 2.45. The molecular weight excluding hydrogens is 192 g/mol. The molecule has 0 aromatic heterocycles. The van der Waals surface area contributed by atoms with E-state index < -0.39 is 5.54 Å². The fraction of sp³-hybridized carbons (Fsp3) is 0.909. The van der Waals surface area contributed by atoms with E-state index in [-0.39, 0.29) is 17.9 Å². The standard InChI is InChI=1S/C11H20N2O2/c1-8(14)9-3-6-13(7-9)10(15)11(12)4-2-5-11/h8-9,14H,2-7,12H2,1H3. The van der Waals surface area contributed by atoms with E-state index in [1.165, 1.54) is 0 Å². The summed E-state index contributed by atoms with van der Waals surface area (Å²) in [5.74, 6) is 0.328. The van der Waals surface area contributed by atoms with Crippen LogP contribution in [0, 0.1) is 5.92 Å². The number of nitrogens with zero attached hydrogens (tertiary/aromatic N) is 1. The molecule has 1 aliphatic heterocycles. The molecule has 1 amide bonds. The summed E-state index contributed by atoms with van der Waals surface area (Å²) in [6.45, 7) is 3.23. The predicted octanol–water partition coefficient (Wildman–Crippen LogP) is 0.0971. The van der Waals surface area contributed by atoms with Crippen molar-refractivity contribution in [3.05, 3.63) is 0 Å². The first-order chi connectivity index (χ1) is 7.03. The molecule has 2 unspecified atom stereocenters. The van der Waals surface area contributed by atoms with E-state index in [0.29, 0.717) is 6.54 Å². The third-order valence-corrected chi connectivity index (χ3v) is 3.87. The molecule has 1 aliphatic carbocycles. The van der Waals surface area contributed by atoms with Gasteiger partial charge in [-0.15, -0.1) is 0 Å². The first-order valence-electron chi connectivity index (χ1n) is 5.79. The Morgan fingerprint density at radius 3 is 2.67 bits per heavy atom. The molecule has 0 spiro atoms. The lowest BCUT2D eigenvalue weighted by molar-refractivity contribution is -0.139.